The number of carboxylic acids is 1. The lowest BCUT2D eigenvalue weighted by Crippen LogP contribution is -2.13. The van der Waals surface area contributed by atoms with Crippen molar-refractivity contribution in [3.8, 4) is 0 Å². The van der Waals surface area contributed by atoms with Crippen LogP contribution in [-0.4, -0.2) is 11.1 Å². The topological polar surface area (TPSA) is 63.3 Å². The predicted molar refractivity (Wildman–Crippen MR) is 50.5 cm³/mol. The fourth-order valence-electron chi connectivity index (χ4n) is 1.02. The van der Waals surface area contributed by atoms with E-state index in [2.05, 4.69) is 15.9 Å². The zero-order valence-electron chi connectivity index (χ0n) is 7.40. The monoisotopic (exact) mass is 301 g/mol. The van der Waals surface area contributed by atoms with Crippen molar-refractivity contribution in [2.75, 3.05) is 5.73 Å². The van der Waals surface area contributed by atoms with Gasteiger partial charge in [0.05, 0.1) is 21.3 Å². The standard InChI is InChI=1S/C8H4BrF4NO2/c9-4-3(8(11,12)13)1-2(7(15)16)6(14)5(4)10/h1H,14H2,(H,15,16). The number of anilines is 1. The van der Waals surface area contributed by atoms with E-state index in [1.54, 1.807) is 0 Å². The van der Waals surface area contributed by atoms with E-state index in [0.717, 1.165) is 0 Å². The lowest BCUT2D eigenvalue weighted by molar-refractivity contribution is -0.138. The second-order valence-electron chi connectivity index (χ2n) is 2.82. The third-order valence-electron chi connectivity index (χ3n) is 1.78. The molecule has 0 aliphatic heterocycles. The number of carboxylic acid groups (broad SMARTS) is 1. The van der Waals surface area contributed by atoms with E-state index >= 15 is 0 Å². The second kappa shape index (κ2) is 3.93. The maximum atomic E-state index is 13.2. The first-order valence-corrected chi connectivity index (χ1v) is 4.53. The van der Waals surface area contributed by atoms with E-state index in [9.17, 15) is 22.4 Å². The summed E-state index contributed by atoms with van der Waals surface area (Å²) >= 11 is 2.38. The molecular weight excluding hydrogens is 298 g/mol. The van der Waals surface area contributed by atoms with Crippen LogP contribution in [0, 0.1) is 5.82 Å². The third kappa shape index (κ3) is 2.11. The molecule has 3 N–H and O–H groups in total. The molecule has 0 bridgehead atoms. The van der Waals surface area contributed by atoms with Gasteiger partial charge in [-0.25, -0.2) is 9.18 Å². The van der Waals surface area contributed by atoms with Crippen molar-refractivity contribution in [1.29, 1.82) is 0 Å². The Hall–Kier alpha value is -1.31. The number of hydrogen-bond donors (Lipinski definition) is 2. The second-order valence-corrected chi connectivity index (χ2v) is 3.61. The van der Waals surface area contributed by atoms with Gasteiger partial charge in [-0.2, -0.15) is 13.2 Å². The van der Waals surface area contributed by atoms with E-state index in [0.29, 0.717) is 0 Å². The highest BCUT2D eigenvalue weighted by Gasteiger charge is 2.36. The van der Waals surface area contributed by atoms with Crippen LogP contribution in [0.25, 0.3) is 0 Å². The SMILES string of the molecule is Nc1c(C(=O)O)cc(C(F)(F)F)c(Br)c1F. The minimum Gasteiger partial charge on any atom is -0.478 e. The highest BCUT2D eigenvalue weighted by atomic mass is 79.9. The van der Waals surface area contributed by atoms with Crippen molar-refractivity contribution < 1.29 is 27.5 Å². The van der Waals surface area contributed by atoms with Crippen LogP contribution in [0.1, 0.15) is 15.9 Å². The van der Waals surface area contributed by atoms with Crippen molar-refractivity contribution in [2.24, 2.45) is 0 Å². The molecule has 0 unspecified atom stereocenters. The molecule has 1 aromatic rings. The molecule has 0 aromatic heterocycles. The predicted octanol–water partition coefficient (Wildman–Crippen LogP) is 2.89. The first-order valence-electron chi connectivity index (χ1n) is 3.74. The van der Waals surface area contributed by atoms with Crippen LogP contribution < -0.4 is 5.73 Å². The summed E-state index contributed by atoms with van der Waals surface area (Å²) < 4.78 is 49.4. The molecular formula is C8H4BrF4NO2. The number of nitrogen functional groups attached to an aromatic ring is 1. The largest absolute Gasteiger partial charge is 0.478 e. The number of halogens is 5. The summed E-state index contributed by atoms with van der Waals surface area (Å²) in [4.78, 5) is 10.5. The molecule has 0 fully saturated rings. The van der Waals surface area contributed by atoms with Gasteiger partial charge in [0.1, 0.15) is 0 Å². The molecule has 0 spiro atoms. The number of aromatic carboxylic acids is 1. The molecule has 0 amide bonds. The van der Waals surface area contributed by atoms with E-state index in [-0.39, 0.29) is 6.07 Å². The molecule has 0 aliphatic rings. The van der Waals surface area contributed by atoms with Crippen molar-refractivity contribution in [2.45, 2.75) is 6.18 Å². The minimum atomic E-state index is -4.86. The Morgan fingerprint density at radius 2 is 1.94 bits per heavy atom. The Bertz CT molecular complexity index is 458. The number of rotatable bonds is 1. The highest BCUT2D eigenvalue weighted by molar-refractivity contribution is 9.10. The molecule has 1 aromatic carbocycles. The molecule has 16 heavy (non-hydrogen) atoms. The Morgan fingerprint density at radius 1 is 1.44 bits per heavy atom. The summed E-state index contributed by atoms with van der Waals surface area (Å²) in [7, 11) is 0. The quantitative estimate of drug-likeness (QED) is 0.619. The van der Waals surface area contributed by atoms with Crippen molar-refractivity contribution in [3.05, 3.63) is 27.5 Å². The highest BCUT2D eigenvalue weighted by Crippen LogP contribution is 2.39. The molecule has 1 rings (SSSR count). The summed E-state index contributed by atoms with van der Waals surface area (Å²) in [5, 5.41) is 8.54. The first-order chi connectivity index (χ1) is 7.16. The summed E-state index contributed by atoms with van der Waals surface area (Å²) in [5.41, 5.74) is 1.86. The summed E-state index contributed by atoms with van der Waals surface area (Å²) in [6, 6.07) is 0.283. The van der Waals surface area contributed by atoms with Crippen LogP contribution >= 0.6 is 15.9 Å². The average Bonchev–Trinajstić information content (AvgIpc) is 2.11. The van der Waals surface area contributed by atoms with E-state index < -0.39 is 39.2 Å². The molecule has 8 heteroatoms. The molecule has 0 heterocycles. The van der Waals surface area contributed by atoms with Crippen LogP contribution in [0.5, 0.6) is 0 Å². The van der Waals surface area contributed by atoms with Crippen LogP contribution in [0.2, 0.25) is 0 Å². The molecule has 0 aliphatic carbocycles. The van der Waals surface area contributed by atoms with Gasteiger partial charge in [-0.3, -0.25) is 0 Å². The van der Waals surface area contributed by atoms with Crippen LogP contribution in [0.15, 0.2) is 10.5 Å². The Balaban J connectivity index is 3.61. The van der Waals surface area contributed by atoms with Crippen LogP contribution in [0.4, 0.5) is 23.2 Å². The lowest BCUT2D eigenvalue weighted by Gasteiger charge is -2.12. The molecule has 0 radical (unpaired) electrons. The number of hydrogen-bond acceptors (Lipinski definition) is 2. The van der Waals surface area contributed by atoms with Crippen molar-refractivity contribution in [3.63, 3.8) is 0 Å². The first kappa shape index (κ1) is 12.8. The van der Waals surface area contributed by atoms with Gasteiger partial charge in [0.2, 0.25) is 0 Å². The van der Waals surface area contributed by atoms with Gasteiger partial charge >= 0.3 is 12.1 Å². The molecule has 0 saturated heterocycles. The van der Waals surface area contributed by atoms with E-state index in [1.165, 1.54) is 0 Å². The van der Waals surface area contributed by atoms with Gasteiger partial charge in [0.25, 0.3) is 0 Å². The van der Waals surface area contributed by atoms with E-state index in [1.807, 2.05) is 0 Å². The molecule has 88 valence electrons. The van der Waals surface area contributed by atoms with Crippen molar-refractivity contribution >= 4 is 27.6 Å². The molecule has 3 nitrogen and oxygen atoms in total. The maximum Gasteiger partial charge on any atom is 0.417 e. The summed E-state index contributed by atoms with van der Waals surface area (Å²) in [5.74, 6) is -3.17. The average molecular weight is 302 g/mol. The zero-order chi connectivity index (χ0) is 12.7. The zero-order valence-corrected chi connectivity index (χ0v) is 8.99. The normalized spacial score (nSPS) is 11.6. The number of nitrogens with two attached hydrogens (primary N) is 1. The van der Waals surface area contributed by atoms with Crippen LogP contribution in [0.3, 0.4) is 0 Å². The fraction of sp³-hybridized carbons (Fsp3) is 0.125. The molecule has 0 atom stereocenters. The van der Waals surface area contributed by atoms with Gasteiger partial charge in [-0.15, -0.1) is 0 Å². The van der Waals surface area contributed by atoms with E-state index in [4.69, 9.17) is 10.8 Å². The van der Waals surface area contributed by atoms with Gasteiger partial charge in [0, 0.05) is 0 Å². The Morgan fingerprint density at radius 3 is 2.31 bits per heavy atom. The number of alkyl halides is 3. The summed E-state index contributed by atoms with van der Waals surface area (Å²) in [6.45, 7) is 0. The smallest absolute Gasteiger partial charge is 0.417 e. The Labute approximate surface area is 95.0 Å². The van der Waals surface area contributed by atoms with Crippen LogP contribution in [-0.2, 0) is 6.18 Å². The summed E-state index contributed by atoms with van der Waals surface area (Å²) in [6.07, 6.45) is -4.86. The lowest BCUT2D eigenvalue weighted by atomic mass is 10.1. The maximum absolute atomic E-state index is 13.2. The number of benzene rings is 1. The van der Waals surface area contributed by atoms with Gasteiger partial charge in [-0.1, -0.05) is 0 Å². The van der Waals surface area contributed by atoms with Gasteiger partial charge in [0.15, 0.2) is 5.82 Å². The molecule has 0 saturated carbocycles. The minimum absolute atomic E-state index is 0.283. The Kier molecular flexibility index (Phi) is 3.13. The van der Waals surface area contributed by atoms with Gasteiger partial charge < -0.3 is 10.8 Å². The van der Waals surface area contributed by atoms with Crippen molar-refractivity contribution in [1.82, 2.24) is 0 Å². The third-order valence-corrected chi connectivity index (χ3v) is 2.56. The number of carbonyl (C=O) groups is 1. The fourth-order valence-corrected chi connectivity index (χ4v) is 1.58. The van der Waals surface area contributed by atoms with Gasteiger partial charge in [-0.05, 0) is 22.0 Å².